The van der Waals surface area contributed by atoms with Crippen molar-refractivity contribution in [3.8, 4) is 11.1 Å². The summed E-state index contributed by atoms with van der Waals surface area (Å²) in [5.41, 5.74) is 4.21. The molecule has 5 heteroatoms. The van der Waals surface area contributed by atoms with E-state index in [-0.39, 0.29) is 6.03 Å². The molecule has 2 aromatic carbocycles. The minimum Gasteiger partial charge on any atom is -0.465 e. The van der Waals surface area contributed by atoms with Crippen molar-refractivity contribution in [1.82, 2.24) is 4.90 Å². The second-order valence-corrected chi connectivity index (χ2v) is 6.62. The monoisotopic (exact) mass is 388 g/mol. The van der Waals surface area contributed by atoms with Crippen LogP contribution in [0, 0.1) is 0 Å². The molecule has 5 nitrogen and oxygen atoms in total. The molecule has 29 heavy (non-hydrogen) atoms. The number of anilines is 1. The largest absolute Gasteiger partial charge is 0.465 e. The van der Waals surface area contributed by atoms with Crippen LogP contribution >= 0.6 is 0 Å². The Bertz CT molecular complexity index is 959. The predicted molar refractivity (Wildman–Crippen MR) is 115 cm³/mol. The lowest BCUT2D eigenvalue weighted by molar-refractivity contribution is -0.135. The molecule has 0 atom stereocenters. The van der Waals surface area contributed by atoms with Crippen molar-refractivity contribution in [3.63, 3.8) is 0 Å². The summed E-state index contributed by atoms with van der Waals surface area (Å²) < 4.78 is 4.70. The summed E-state index contributed by atoms with van der Waals surface area (Å²) in [5, 5.41) is 0. The Morgan fingerprint density at radius 3 is 2.28 bits per heavy atom. The number of carbonyl (C=O) groups excluding carboxylic acids is 2. The average molecular weight is 388 g/mol. The summed E-state index contributed by atoms with van der Waals surface area (Å²) in [7, 11) is 1.32. The third-order valence-corrected chi connectivity index (χ3v) is 4.87. The molecule has 0 radical (unpaired) electrons. The smallest absolute Gasteiger partial charge is 0.337 e. The number of amides is 2. The maximum atomic E-state index is 12.9. The fourth-order valence-corrected chi connectivity index (χ4v) is 3.21. The molecule has 0 spiro atoms. The quantitative estimate of drug-likeness (QED) is 0.406. The number of esters is 1. The number of carbonyl (C=O) groups is 2. The summed E-state index contributed by atoms with van der Waals surface area (Å²) in [6.07, 6.45) is 4.77. The number of nitrogens with zero attached hydrogens (tertiary/aromatic N) is 2. The van der Waals surface area contributed by atoms with E-state index in [1.165, 1.54) is 13.2 Å². The molecule has 1 heterocycles. The van der Waals surface area contributed by atoms with Crippen LogP contribution < -0.4 is 4.90 Å². The first-order valence-corrected chi connectivity index (χ1v) is 9.39. The van der Waals surface area contributed by atoms with Crippen molar-refractivity contribution < 1.29 is 14.3 Å². The normalized spacial score (nSPS) is 14.9. The standard InChI is InChI=1S/C24H24N2O3/c1-4-19(23(27)29-3)11-10-18(2)25-16-17-26(24(25)28)22-14-12-21(13-15-22)20-8-6-5-7-9-20/h4-15H,1,16-17H2,2-3H3/b18-10+,19-11+. The fourth-order valence-electron chi connectivity index (χ4n) is 3.21. The molecule has 0 saturated carbocycles. The van der Waals surface area contributed by atoms with E-state index in [9.17, 15) is 9.59 Å². The topological polar surface area (TPSA) is 49.9 Å². The summed E-state index contributed by atoms with van der Waals surface area (Å²) in [6.45, 7) is 6.64. The zero-order valence-corrected chi connectivity index (χ0v) is 16.7. The first-order valence-electron chi connectivity index (χ1n) is 9.39. The van der Waals surface area contributed by atoms with Gasteiger partial charge in [-0.1, -0.05) is 55.1 Å². The number of ether oxygens (including phenoxy) is 1. The van der Waals surface area contributed by atoms with Crippen molar-refractivity contribution in [1.29, 1.82) is 0 Å². The molecule has 1 aliphatic rings. The molecule has 2 amide bonds. The highest BCUT2D eigenvalue weighted by molar-refractivity contribution is 5.95. The second kappa shape index (κ2) is 9.06. The van der Waals surface area contributed by atoms with Gasteiger partial charge in [0.05, 0.1) is 12.7 Å². The van der Waals surface area contributed by atoms with Crippen LogP contribution in [-0.4, -0.2) is 37.1 Å². The molecule has 0 aromatic heterocycles. The van der Waals surface area contributed by atoms with Gasteiger partial charge in [-0.05, 0) is 42.3 Å². The summed E-state index contributed by atoms with van der Waals surface area (Å²) >= 11 is 0. The molecular weight excluding hydrogens is 364 g/mol. The highest BCUT2D eigenvalue weighted by Crippen LogP contribution is 2.26. The first-order chi connectivity index (χ1) is 14.0. The van der Waals surface area contributed by atoms with Gasteiger partial charge in [-0.25, -0.2) is 9.59 Å². The molecule has 0 bridgehead atoms. The van der Waals surface area contributed by atoms with Crippen LogP contribution in [0.15, 0.2) is 90.7 Å². The Kier molecular flexibility index (Phi) is 6.29. The van der Waals surface area contributed by atoms with E-state index >= 15 is 0 Å². The highest BCUT2D eigenvalue weighted by atomic mass is 16.5. The maximum Gasteiger partial charge on any atom is 0.337 e. The van der Waals surface area contributed by atoms with Gasteiger partial charge in [0.2, 0.25) is 0 Å². The van der Waals surface area contributed by atoms with E-state index in [0.717, 1.165) is 22.5 Å². The van der Waals surface area contributed by atoms with Crippen LogP contribution in [0.5, 0.6) is 0 Å². The Hall–Kier alpha value is -3.60. The van der Waals surface area contributed by atoms with Crippen molar-refractivity contribution in [3.05, 3.63) is 90.7 Å². The molecule has 1 fully saturated rings. The molecule has 1 saturated heterocycles. The predicted octanol–water partition coefficient (Wildman–Crippen LogP) is 4.78. The molecule has 2 aromatic rings. The minimum absolute atomic E-state index is 0.0853. The van der Waals surface area contributed by atoms with Gasteiger partial charge in [-0.2, -0.15) is 0 Å². The summed E-state index contributed by atoms with van der Waals surface area (Å²) in [4.78, 5) is 28.0. The first kappa shape index (κ1) is 20.1. The molecule has 0 N–H and O–H groups in total. The molecule has 148 valence electrons. The number of hydrogen-bond donors (Lipinski definition) is 0. The maximum absolute atomic E-state index is 12.9. The zero-order chi connectivity index (χ0) is 20.8. The van der Waals surface area contributed by atoms with E-state index in [1.807, 2.05) is 49.4 Å². The number of hydrogen-bond acceptors (Lipinski definition) is 3. The molecule has 3 rings (SSSR count). The lowest BCUT2D eigenvalue weighted by Crippen LogP contribution is -2.30. The van der Waals surface area contributed by atoms with Crippen LogP contribution in [0.3, 0.4) is 0 Å². The van der Waals surface area contributed by atoms with E-state index in [1.54, 1.807) is 22.0 Å². The van der Waals surface area contributed by atoms with Gasteiger partial charge in [-0.3, -0.25) is 9.80 Å². The van der Waals surface area contributed by atoms with E-state index < -0.39 is 5.97 Å². The third kappa shape index (κ3) is 4.46. The van der Waals surface area contributed by atoms with Crippen molar-refractivity contribution in [2.45, 2.75) is 6.92 Å². The molecule has 0 unspecified atom stereocenters. The van der Waals surface area contributed by atoms with Crippen molar-refractivity contribution >= 4 is 17.7 Å². The fraction of sp³-hybridized carbons (Fsp3) is 0.167. The van der Waals surface area contributed by atoms with Gasteiger partial charge in [0, 0.05) is 24.5 Å². The van der Waals surface area contributed by atoms with Gasteiger partial charge in [0.25, 0.3) is 0 Å². The van der Waals surface area contributed by atoms with Crippen LogP contribution in [-0.2, 0) is 9.53 Å². The zero-order valence-electron chi connectivity index (χ0n) is 16.7. The summed E-state index contributed by atoms with van der Waals surface area (Å²) in [5.74, 6) is -0.461. The lowest BCUT2D eigenvalue weighted by Gasteiger charge is -2.19. The number of benzene rings is 2. The van der Waals surface area contributed by atoms with E-state index in [4.69, 9.17) is 4.74 Å². The van der Waals surface area contributed by atoms with Crippen LogP contribution in [0.1, 0.15) is 6.92 Å². The van der Waals surface area contributed by atoms with E-state index in [0.29, 0.717) is 18.7 Å². The van der Waals surface area contributed by atoms with Crippen molar-refractivity contribution in [2.24, 2.45) is 0 Å². The SMILES string of the molecule is C=C/C(=C\C=C(/C)N1CCN(c2ccc(-c3ccccc3)cc2)C1=O)C(=O)OC. The van der Waals surface area contributed by atoms with E-state index in [2.05, 4.69) is 18.7 Å². The number of allylic oxidation sites excluding steroid dienone is 3. The van der Waals surface area contributed by atoms with Gasteiger partial charge in [-0.15, -0.1) is 0 Å². The number of rotatable bonds is 6. The molecule has 1 aliphatic heterocycles. The average Bonchev–Trinajstić information content (AvgIpc) is 3.15. The Morgan fingerprint density at radius 2 is 1.66 bits per heavy atom. The van der Waals surface area contributed by atoms with Crippen molar-refractivity contribution in [2.75, 3.05) is 25.1 Å². The van der Waals surface area contributed by atoms with Gasteiger partial charge in [0.15, 0.2) is 0 Å². The number of urea groups is 1. The molecule has 0 aliphatic carbocycles. The second-order valence-electron chi connectivity index (χ2n) is 6.62. The Morgan fingerprint density at radius 1 is 1.00 bits per heavy atom. The van der Waals surface area contributed by atoms with Crippen LogP contribution in [0.25, 0.3) is 11.1 Å². The highest BCUT2D eigenvalue weighted by Gasteiger charge is 2.30. The van der Waals surface area contributed by atoms with Gasteiger partial charge >= 0.3 is 12.0 Å². The van der Waals surface area contributed by atoms with Crippen LogP contribution in [0.2, 0.25) is 0 Å². The summed E-state index contributed by atoms with van der Waals surface area (Å²) in [6, 6.07) is 18.0. The minimum atomic E-state index is -0.461. The molecular formula is C24H24N2O3. The number of methoxy groups -OCH3 is 1. The van der Waals surface area contributed by atoms with Gasteiger partial charge < -0.3 is 4.74 Å². The van der Waals surface area contributed by atoms with Gasteiger partial charge in [0.1, 0.15) is 0 Å². The third-order valence-electron chi connectivity index (χ3n) is 4.87. The Labute approximate surface area is 171 Å². The van der Waals surface area contributed by atoms with Crippen LogP contribution in [0.4, 0.5) is 10.5 Å². The lowest BCUT2D eigenvalue weighted by atomic mass is 10.1. The Balaban J connectivity index is 1.74.